The zero-order valence-corrected chi connectivity index (χ0v) is 18.1. The molecule has 1 saturated heterocycles. The summed E-state index contributed by atoms with van der Waals surface area (Å²) in [4.78, 5) is 15.7. The van der Waals surface area contributed by atoms with Crippen molar-refractivity contribution in [2.45, 2.75) is 26.2 Å². The molecule has 0 spiro atoms. The summed E-state index contributed by atoms with van der Waals surface area (Å²) in [5.41, 5.74) is 9.23. The molecule has 0 radical (unpaired) electrons. The number of ether oxygens (including phenoxy) is 1. The Bertz CT molecular complexity index is 1040. The van der Waals surface area contributed by atoms with Gasteiger partial charge in [-0.25, -0.2) is 0 Å². The van der Waals surface area contributed by atoms with E-state index in [-0.39, 0.29) is 5.78 Å². The molecule has 0 bridgehead atoms. The van der Waals surface area contributed by atoms with Gasteiger partial charge in [0, 0.05) is 40.0 Å². The highest BCUT2D eigenvalue weighted by atomic mass is 35.5. The summed E-state index contributed by atoms with van der Waals surface area (Å²) < 4.78 is 7.87. The predicted molar refractivity (Wildman–Crippen MR) is 122 cm³/mol. The van der Waals surface area contributed by atoms with Crippen LogP contribution in [0.15, 0.2) is 42.5 Å². The van der Waals surface area contributed by atoms with E-state index >= 15 is 0 Å². The van der Waals surface area contributed by atoms with Gasteiger partial charge >= 0.3 is 0 Å². The van der Waals surface area contributed by atoms with Crippen molar-refractivity contribution in [2.24, 2.45) is 5.73 Å². The molecule has 5 nitrogen and oxygen atoms in total. The highest BCUT2D eigenvalue weighted by Crippen LogP contribution is 2.33. The van der Waals surface area contributed by atoms with Crippen LogP contribution in [0, 0.1) is 6.92 Å². The topological polar surface area (TPSA) is 60.5 Å². The minimum absolute atomic E-state index is 0.169. The summed E-state index contributed by atoms with van der Waals surface area (Å²) in [7, 11) is 0. The number of likely N-dealkylation sites (tertiary alicyclic amines) is 1. The van der Waals surface area contributed by atoms with Crippen LogP contribution in [0.2, 0.25) is 5.02 Å². The van der Waals surface area contributed by atoms with E-state index in [0.29, 0.717) is 24.7 Å². The molecule has 1 aliphatic rings. The van der Waals surface area contributed by atoms with Crippen molar-refractivity contribution in [1.29, 1.82) is 0 Å². The monoisotopic (exact) mass is 425 g/mol. The number of piperidine rings is 1. The summed E-state index contributed by atoms with van der Waals surface area (Å²) >= 11 is 6.10. The van der Waals surface area contributed by atoms with Crippen molar-refractivity contribution in [1.82, 2.24) is 9.47 Å². The molecular formula is C24H28ClN3O2. The Balaban J connectivity index is 1.80. The Morgan fingerprint density at radius 3 is 2.53 bits per heavy atom. The van der Waals surface area contributed by atoms with Gasteiger partial charge in [0.05, 0.1) is 12.1 Å². The van der Waals surface area contributed by atoms with E-state index < -0.39 is 0 Å². The second kappa shape index (κ2) is 9.21. The number of fused-ring (bicyclic) bond motifs is 1. The number of benzene rings is 2. The third-order valence-corrected chi connectivity index (χ3v) is 5.99. The summed E-state index contributed by atoms with van der Waals surface area (Å²) in [5.74, 6) is 0.915. The van der Waals surface area contributed by atoms with Crippen LogP contribution in [-0.2, 0) is 0 Å². The predicted octanol–water partition coefficient (Wildman–Crippen LogP) is 4.60. The van der Waals surface area contributed by atoms with Gasteiger partial charge in [-0.2, -0.15) is 0 Å². The quantitative estimate of drug-likeness (QED) is 0.562. The molecule has 158 valence electrons. The maximum absolute atomic E-state index is 13.4. The number of halogens is 1. The molecule has 30 heavy (non-hydrogen) atoms. The molecule has 1 aromatic heterocycles. The highest BCUT2D eigenvalue weighted by Gasteiger charge is 2.23. The van der Waals surface area contributed by atoms with Gasteiger partial charge in [0.15, 0.2) is 5.78 Å². The second-order valence-corrected chi connectivity index (χ2v) is 8.28. The molecule has 2 N–H and O–H groups in total. The van der Waals surface area contributed by atoms with Gasteiger partial charge in [-0.3, -0.25) is 9.69 Å². The third kappa shape index (κ3) is 4.24. The van der Waals surface area contributed by atoms with Gasteiger partial charge in [-0.15, -0.1) is 0 Å². The van der Waals surface area contributed by atoms with Crippen LogP contribution >= 0.6 is 11.6 Å². The SMILES string of the molecule is Cc1c(C(=O)CN2CCCCC2)c2ccc(OCCN)cc2n1-c1ccc(Cl)cc1. The minimum Gasteiger partial charge on any atom is -0.492 e. The number of nitrogens with zero attached hydrogens (tertiary/aromatic N) is 2. The van der Waals surface area contributed by atoms with Crippen LogP contribution in [0.3, 0.4) is 0 Å². The van der Waals surface area contributed by atoms with E-state index in [1.165, 1.54) is 19.3 Å². The van der Waals surface area contributed by atoms with Crippen molar-refractivity contribution in [3.05, 3.63) is 58.7 Å². The molecule has 2 aromatic carbocycles. The smallest absolute Gasteiger partial charge is 0.179 e. The average Bonchev–Trinajstić information content (AvgIpc) is 3.05. The van der Waals surface area contributed by atoms with Gasteiger partial charge in [0.25, 0.3) is 0 Å². The number of nitrogens with two attached hydrogens (primary N) is 1. The fourth-order valence-electron chi connectivity index (χ4n) is 4.34. The maximum atomic E-state index is 13.4. The molecule has 4 rings (SSSR count). The first-order valence-electron chi connectivity index (χ1n) is 10.6. The molecule has 3 aromatic rings. The fraction of sp³-hybridized carbons (Fsp3) is 0.375. The Hall–Kier alpha value is -2.34. The molecule has 0 amide bonds. The van der Waals surface area contributed by atoms with Gasteiger partial charge < -0.3 is 15.0 Å². The number of aromatic nitrogens is 1. The lowest BCUT2D eigenvalue weighted by atomic mass is 10.0. The van der Waals surface area contributed by atoms with Crippen molar-refractivity contribution >= 4 is 28.3 Å². The Kier molecular flexibility index (Phi) is 6.42. The second-order valence-electron chi connectivity index (χ2n) is 7.85. The Morgan fingerprint density at radius 1 is 1.10 bits per heavy atom. The summed E-state index contributed by atoms with van der Waals surface area (Å²) in [5, 5.41) is 1.63. The minimum atomic E-state index is 0.169. The highest BCUT2D eigenvalue weighted by molar-refractivity contribution is 6.30. The first-order chi connectivity index (χ1) is 14.6. The van der Waals surface area contributed by atoms with E-state index in [0.717, 1.165) is 46.7 Å². The van der Waals surface area contributed by atoms with Gasteiger partial charge in [0.2, 0.25) is 0 Å². The first-order valence-corrected chi connectivity index (χ1v) is 11.0. The van der Waals surface area contributed by atoms with Crippen LogP contribution in [0.5, 0.6) is 5.75 Å². The summed E-state index contributed by atoms with van der Waals surface area (Å²) in [6.07, 6.45) is 3.59. The lowest BCUT2D eigenvalue weighted by molar-refractivity contribution is 0.0916. The number of hydrogen-bond acceptors (Lipinski definition) is 4. The largest absolute Gasteiger partial charge is 0.492 e. The van der Waals surface area contributed by atoms with Crippen LogP contribution in [-0.4, -0.2) is 48.0 Å². The lowest BCUT2D eigenvalue weighted by Crippen LogP contribution is -2.34. The standard InChI is InChI=1S/C24H28ClN3O2/c1-17-24(23(29)16-27-12-3-2-4-13-27)21-10-9-20(30-14-11-26)15-22(21)28(17)19-7-5-18(25)6-8-19/h5-10,15H,2-4,11-14,16,26H2,1H3. The van der Waals surface area contributed by atoms with E-state index in [1.54, 1.807) is 0 Å². The number of carbonyl (C=O) groups is 1. The third-order valence-electron chi connectivity index (χ3n) is 5.74. The van der Waals surface area contributed by atoms with E-state index in [4.69, 9.17) is 22.1 Å². The number of carbonyl (C=O) groups excluding carboxylic acids is 1. The van der Waals surface area contributed by atoms with Crippen LogP contribution in [0.25, 0.3) is 16.6 Å². The molecule has 0 aliphatic carbocycles. The van der Waals surface area contributed by atoms with Crippen molar-refractivity contribution in [2.75, 3.05) is 32.8 Å². The maximum Gasteiger partial charge on any atom is 0.179 e. The molecular weight excluding hydrogens is 398 g/mol. The molecule has 2 heterocycles. The van der Waals surface area contributed by atoms with Crippen molar-refractivity contribution < 1.29 is 9.53 Å². The average molecular weight is 426 g/mol. The molecule has 0 atom stereocenters. The molecule has 6 heteroatoms. The lowest BCUT2D eigenvalue weighted by Gasteiger charge is -2.25. The Labute approximate surface area is 182 Å². The molecule has 0 saturated carbocycles. The molecule has 1 fully saturated rings. The number of ketones is 1. The van der Waals surface area contributed by atoms with E-state index in [1.807, 2.05) is 49.4 Å². The fourth-order valence-corrected chi connectivity index (χ4v) is 4.46. The first kappa shape index (κ1) is 20.9. The van der Waals surface area contributed by atoms with Gasteiger partial charge in [-0.05, 0) is 69.3 Å². The summed E-state index contributed by atoms with van der Waals surface area (Å²) in [6, 6.07) is 13.6. The number of Topliss-reactive ketones (excluding diaryl/α,β-unsaturated/α-hetero) is 1. The normalized spacial score (nSPS) is 14.9. The Morgan fingerprint density at radius 2 is 1.83 bits per heavy atom. The van der Waals surface area contributed by atoms with Gasteiger partial charge in [0.1, 0.15) is 12.4 Å². The van der Waals surface area contributed by atoms with Crippen LogP contribution < -0.4 is 10.5 Å². The zero-order chi connectivity index (χ0) is 21.1. The molecule has 1 aliphatic heterocycles. The van der Waals surface area contributed by atoms with Crippen LogP contribution in [0.1, 0.15) is 35.3 Å². The molecule has 0 unspecified atom stereocenters. The number of hydrogen-bond donors (Lipinski definition) is 1. The van der Waals surface area contributed by atoms with E-state index in [2.05, 4.69) is 9.47 Å². The van der Waals surface area contributed by atoms with Crippen LogP contribution in [0.4, 0.5) is 0 Å². The van der Waals surface area contributed by atoms with E-state index in [9.17, 15) is 4.79 Å². The zero-order valence-electron chi connectivity index (χ0n) is 17.4. The van der Waals surface area contributed by atoms with Crippen molar-refractivity contribution in [3.8, 4) is 11.4 Å². The van der Waals surface area contributed by atoms with Crippen molar-refractivity contribution in [3.63, 3.8) is 0 Å². The van der Waals surface area contributed by atoms with Gasteiger partial charge in [-0.1, -0.05) is 18.0 Å². The summed E-state index contributed by atoms with van der Waals surface area (Å²) in [6.45, 7) is 5.38. The number of rotatable bonds is 7.